The second-order valence-corrected chi connectivity index (χ2v) is 5.22. The Kier molecular flexibility index (Phi) is 3.05. The molecule has 0 fully saturated rings. The normalized spacial score (nSPS) is 11.1. The average Bonchev–Trinajstić information content (AvgIpc) is 2.66. The highest BCUT2D eigenvalue weighted by molar-refractivity contribution is 5.73. The maximum atomic E-state index is 5.54. The average molecular weight is 243 g/mol. The summed E-state index contributed by atoms with van der Waals surface area (Å²) in [5, 5.41) is 4.08. The van der Waals surface area contributed by atoms with Gasteiger partial charge in [0.05, 0.1) is 5.69 Å². The Morgan fingerprint density at radius 2 is 1.06 bits per heavy atom. The van der Waals surface area contributed by atoms with Crippen molar-refractivity contribution >= 4 is 0 Å². The van der Waals surface area contributed by atoms with Crippen molar-refractivity contribution in [1.29, 1.82) is 0 Å². The fraction of sp³-hybridized carbons (Fsp3) is 0.438. The van der Waals surface area contributed by atoms with E-state index in [1.54, 1.807) is 0 Å². The predicted molar refractivity (Wildman–Crippen MR) is 75.1 cm³/mol. The third-order valence-electron chi connectivity index (χ3n) is 4.38. The molecule has 0 amide bonds. The van der Waals surface area contributed by atoms with Crippen molar-refractivity contribution in [2.24, 2.45) is 0 Å². The molecular formula is C16H21NO. The van der Waals surface area contributed by atoms with Crippen LogP contribution in [0, 0.1) is 48.5 Å². The van der Waals surface area contributed by atoms with E-state index in [4.69, 9.17) is 4.52 Å². The molecular weight excluding hydrogens is 222 g/mol. The van der Waals surface area contributed by atoms with Crippen molar-refractivity contribution < 1.29 is 4.52 Å². The number of hydrogen-bond acceptors (Lipinski definition) is 2. The van der Waals surface area contributed by atoms with E-state index in [-0.39, 0.29) is 0 Å². The van der Waals surface area contributed by atoms with Gasteiger partial charge in [0.1, 0.15) is 0 Å². The van der Waals surface area contributed by atoms with Gasteiger partial charge in [0.25, 0.3) is 0 Å². The Labute approximate surface area is 109 Å². The lowest BCUT2D eigenvalue weighted by atomic mass is 9.87. The van der Waals surface area contributed by atoms with Gasteiger partial charge in [-0.15, -0.1) is 0 Å². The zero-order chi connectivity index (χ0) is 13.6. The van der Waals surface area contributed by atoms with E-state index in [1.165, 1.54) is 33.4 Å². The van der Waals surface area contributed by atoms with Crippen molar-refractivity contribution in [3.8, 4) is 11.3 Å². The van der Waals surface area contributed by atoms with Gasteiger partial charge in [-0.05, 0) is 76.3 Å². The first kappa shape index (κ1) is 12.9. The molecule has 0 saturated carbocycles. The third-order valence-corrected chi connectivity index (χ3v) is 4.38. The molecule has 0 N–H and O–H groups in total. The minimum absolute atomic E-state index is 0.925. The van der Waals surface area contributed by atoms with Crippen molar-refractivity contribution in [1.82, 2.24) is 5.16 Å². The first-order valence-corrected chi connectivity index (χ1v) is 6.36. The van der Waals surface area contributed by atoms with Crippen LogP contribution in [0.3, 0.4) is 0 Å². The highest BCUT2D eigenvalue weighted by Gasteiger charge is 2.19. The molecule has 0 spiro atoms. The number of aromatic nitrogens is 1. The van der Waals surface area contributed by atoms with E-state index < -0.39 is 0 Å². The molecule has 0 aliphatic carbocycles. The van der Waals surface area contributed by atoms with E-state index >= 15 is 0 Å². The Morgan fingerprint density at radius 1 is 0.611 bits per heavy atom. The lowest BCUT2D eigenvalue weighted by Crippen LogP contribution is -1.99. The molecule has 18 heavy (non-hydrogen) atoms. The van der Waals surface area contributed by atoms with Gasteiger partial charge in [-0.3, -0.25) is 0 Å². The van der Waals surface area contributed by atoms with Crippen LogP contribution < -0.4 is 0 Å². The molecule has 96 valence electrons. The standard InChI is InChI=1S/C16H21NO/c1-8-9(2)11(4)15(12(5)10(8)3)16-13(6)14(7)17-18-16/h1-7H3. The molecule has 0 saturated heterocycles. The molecule has 0 bridgehead atoms. The van der Waals surface area contributed by atoms with Crippen LogP contribution in [0.5, 0.6) is 0 Å². The van der Waals surface area contributed by atoms with Gasteiger partial charge < -0.3 is 4.52 Å². The minimum atomic E-state index is 0.925. The monoisotopic (exact) mass is 243 g/mol. The van der Waals surface area contributed by atoms with Crippen LogP contribution in [0.4, 0.5) is 0 Å². The van der Waals surface area contributed by atoms with Gasteiger partial charge in [-0.1, -0.05) is 5.16 Å². The molecule has 0 atom stereocenters. The Hall–Kier alpha value is -1.57. The molecule has 1 aromatic heterocycles. The number of aryl methyl sites for hydroxylation is 1. The second-order valence-electron chi connectivity index (χ2n) is 5.22. The molecule has 0 aliphatic rings. The maximum absolute atomic E-state index is 5.54. The number of hydrogen-bond donors (Lipinski definition) is 0. The first-order chi connectivity index (χ1) is 8.36. The van der Waals surface area contributed by atoms with Crippen LogP contribution in [-0.4, -0.2) is 5.16 Å². The Morgan fingerprint density at radius 3 is 1.44 bits per heavy atom. The predicted octanol–water partition coefficient (Wildman–Crippen LogP) is 4.50. The van der Waals surface area contributed by atoms with E-state index in [0.29, 0.717) is 0 Å². The lowest BCUT2D eigenvalue weighted by molar-refractivity contribution is 0.426. The third kappa shape index (κ3) is 1.67. The van der Waals surface area contributed by atoms with E-state index in [9.17, 15) is 0 Å². The first-order valence-electron chi connectivity index (χ1n) is 6.36. The van der Waals surface area contributed by atoms with Gasteiger partial charge >= 0.3 is 0 Å². The smallest absolute Gasteiger partial charge is 0.170 e. The largest absolute Gasteiger partial charge is 0.356 e. The lowest BCUT2D eigenvalue weighted by Gasteiger charge is -2.17. The maximum Gasteiger partial charge on any atom is 0.170 e. The summed E-state index contributed by atoms with van der Waals surface area (Å²) in [6.45, 7) is 14.9. The van der Waals surface area contributed by atoms with Crippen LogP contribution in [0.1, 0.15) is 39.1 Å². The van der Waals surface area contributed by atoms with E-state index in [1.807, 2.05) is 6.92 Å². The van der Waals surface area contributed by atoms with Crippen molar-refractivity contribution in [2.75, 3.05) is 0 Å². The number of rotatable bonds is 1. The molecule has 2 rings (SSSR count). The molecule has 1 aromatic carbocycles. The zero-order valence-electron chi connectivity index (χ0n) is 12.4. The van der Waals surface area contributed by atoms with E-state index in [2.05, 4.69) is 46.7 Å². The summed E-state index contributed by atoms with van der Waals surface area (Å²) < 4.78 is 5.54. The highest BCUT2D eigenvalue weighted by Crippen LogP contribution is 2.36. The summed E-state index contributed by atoms with van der Waals surface area (Å²) in [6.07, 6.45) is 0. The summed E-state index contributed by atoms with van der Waals surface area (Å²) in [5.74, 6) is 0.925. The molecule has 0 radical (unpaired) electrons. The van der Waals surface area contributed by atoms with Crippen LogP contribution >= 0.6 is 0 Å². The van der Waals surface area contributed by atoms with Crippen molar-refractivity contribution in [3.05, 3.63) is 39.1 Å². The quantitative estimate of drug-likeness (QED) is 0.737. The molecule has 1 heterocycles. The summed E-state index contributed by atoms with van der Waals surface area (Å²) >= 11 is 0. The zero-order valence-corrected chi connectivity index (χ0v) is 12.4. The summed E-state index contributed by atoms with van der Waals surface area (Å²) in [4.78, 5) is 0. The Balaban J connectivity index is 2.84. The van der Waals surface area contributed by atoms with Gasteiger partial charge in [-0.2, -0.15) is 0 Å². The number of benzene rings is 1. The summed E-state index contributed by atoms with van der Waals surface area (Å²) in [6, 6.07) is 0. The molecule has 2 nitrogen and oxygen atoms in total. The molecule has 0 aliphatic heterocycles. The van der Waals surface area contributed by atoms with Crippen molar-refractivity contribution in [3.63, 3.8) is 0 Å². The topological polar surface area (TPSA) is 26.0 Å². The van der Waals surface area contributed by atoms with Crippen LogP contribution in [-0.2, 0) is 0 Å². The highest BCUT2D eigenvalue weighted by atomic mass is 16.5. The van der Waals surface area contributed by atoms with Crippen LogP contribution in [0.2, 0.25) is 0 Å². The van der Waals surface area contributed by atoms with Crippen LogP contribution in [0.25, 0.3) is 11.3 Å². The van der Waals surface area contributed by atoms with Gasteiger partial charge in [0.2, 0.25) is 0 Å². The minimum Gasteiger partial charge on any atom is -0.356 e. The fourth-order valence-corrected chi connectivity index (χ4v) is 2.49. The molecule has 2 aromatic rings. The fourth-order valence-electron chi connectivity index (χ4n) is 2.49. The van der Waals surface area contributed by atoms with Gasteiger partial charge in [-0.25, -0.2) is 0 Å². The van der Waals surface area contributed by atoms with Crippen molar-refractivity contribution in [2.45, 2.75) is 48.5 Å². The Bertz CT molecular complexity index is 592. The number of nitrogens with zero attached hydrogens (tertiary/aromatic N) is 1. The van der Waals surface area contributed by atoms with E-state index in [0.717, 1.165) is 17.0 Å². The molecule has 2 heteroatoms. The van der Waals surface area contributed by atoms with Gasteiger partial charge in [0.15, 0.2) is 5.76 Å². The molecule has 0 unspecified atom stereocenters. The second kappa shape index (κ2) is 4.27. The summed E-state index contributed by atoms with van der Waals surface area (Å²) in [7, 11) is 0. The van der Waals surface area contributed by atoms with Crippen LogP contribution in [0.15, 0.2) is 4.52 Å². The SMILES string of the molecule is Cc1noc(-c2c(C)c(C)c(C)c(C)c2C)c1C. The summed E-state index contributed by atoms with van der Waals surface area (Å²) in [5.41, 5.74) is 10.0. The van der Waals surface area contributed by atoms with Gasteiger partial charge in [0, 0.05) is 11.1 Å².